The van der Waals surface area contributed by atoms with E-state index in [9.17, 15) is 0 Å². The van der Waals surface area contributed by atoms with E-state index in [0.717, 1.165) is 63.1 Å². The van der Waals surface area contributed by atoms with Crippen LogP contribution in [0.1, 0.15) is 43.2 Å². The lowest BCUT2D eigenvalue weighted by Gasteiger charge is -2.61. The summed E-state index contributed by atoms with van der Waals surface area (Å²) >= 11 is 0. The molecule has 1 aromatic heterocycles. The molecule has 0 amide bonds. The van der Waals surface area contributed by atoms with Crippen molar-refractivity contribution >= 4 is 10.8 Å². The van der Waals surface area contributed by atoms with Crippen LogP contribution in [-0.2, 0) is 5.41 Å². The van der Waals surface area contributed by atoms with Crippen LogP contribution in [0.2, 0.25) is 0 Å². The molecule has 4 bridgehead atoms. The first-order valence-corrected chi connectivity index (χ1v) is 20.6. The van der Waals surface area contributed by atoms with Gasteiger partial charge in [0.05, 0.1) is 11.4 Å². The minimum Gasteiger partial charge on any atom is -0.228 e. The van der Waals surface area contributed by atoms with Crippen LogP contribution in [0.3, 0.4) is 0 Å². The topological polar surface area (TPSA) is 25.8 Å². The van der Waals surface area contributed by atoms with Crippen molar-refractivity contribution < 1.29 is 0 Å². The lowest BCUT2D eigenvalue weighted by atomic mass is 9.43. The Hall–Kier alpha value is -6.12. The molecule has 0 saturated heterocycles. The van der Waals surface area contributed by atoms with Crippen molar-refractivity contribution in [1.29, 1.82) is 0 Å². The fourth-order valence-electron chi connectivity index (χ4n) is 12.0. The van der Waals surface area contributed by atoms with Gasteiger partial charge in [0.2, 0.25) is 0 Å². The third-order valence-electron chi connectivity index (χ3n) is 14.1. The molecule has 1 heterocycles. The van der Waals surface area contributed by atoms with Gasteiger partial charge < -0.3 is 0 Å². The zero-order chi connectivity index (χ0) is 36.8. The number of nitrogens with zero attached hydrogens (tertiary/aromatic N) is 2. The fraction of sp³-hybridized carbons (Fsp3) is 0.185. The van der Waals surface area contributed by atoms with Crippen molar-refractivity contribution in [3.05, 3.63) is 181 Å². The molecule has 8 aromatic rings. The molecule has 5 aliphatic carbocycles. The Morgan fingerprint density at radius 1 is 0.375 bits per heavy atom. The maximum absolute atomic E-state index is 5.21. The summed E-state index contributed by atoms with van der Waals surface area (Å²) in [5.74, 6) is 4.04. The molecule has 13 rings (SSSR count). The molecule has 2 heteroatoms. The van der Waals surface area contributed by atoms with Gasteiger partial charge in [0.1, 0.15) is 0 Å². The summed E-state index contributed by atoms with van der Waals surface area (Å²) in [6, 6.07) is 62.3. The highest BCUT2D eigenvalue weighted by atomic mass is 14.9. The van der Waals surface area contributed by atoms with Crippen LogP contribution in [0.15, 0.2) is 170 Å². The van der Waals surface area contributed by atoms with Crippen molar-refractivity contribution in [2.24, 2.45) is 23.7 Å². The highest BCUT2D eigenvalue weighted by Gasteiger charge is 2.61. The van der Waals surface area contributed by atoms with Crippen molar-refractivity contribution in [1.82, 2.24) is 9.97 Å². The molecule has 0 radical (unpaired) electrons. The molecule has 0 atom stereocenters. The summed E-state index contributed by atoms with van der Waals surface area (Å²) in [6.07, 6.45) is 7.02. The van der Waals surface area contributed by atoms with Crippen LogP contribution >= 0.6 is 0 Å². The first-order valence-electron chi connectivity index (χ1n) is 20.6. The minimum absolute atomic E-state index is 0.124. The molecule has 7 aromatic carbocycles. The Labute approximate surface area is 329 Å². The smallest absolute Gasteiger partial charge is 0.160 e. The zero-order valence-corrected chi connectivity index (χ0v) is 31.4. The average molecular weight is 719 g/mol. The predicted octanol–water partition coefficient (Wildman–Crippen LogP) is 13.7. The maximum Gasteiger partial charge on any atom is 0.160 e. The van der Waals surface area contributed by atoms with Crippen LogP contribution in [0.5, 0.6) is 0 Å². The van der Waals surface area contributed by atoms with E-state index in [1.54, 1.807) is 11.1 Å². The highest BCUT2D eigenvalue weighted by molar-refractivity contribution is 5.99. The Bertz CT molecular complexity index is 2770. The molecule has 5 aliphatic rings. The molecule has 4 saturated carbocycles. The first kappa shape index (κ1) is 32.2. The molecular weight excluding hydrogens is 677 g/mol. The summed E-state index contributed by atoms with van der Waals surface area (Å²) in [6.45, 7) is 0. The van der Waals surface area contributed by atoms with Crippen molar-refractivity contribution in [2.75, 3.05) is 0 Å². The number of rotatable bonds is 5. The molecule has 0 aliphatic heterocycles. The van der Waals surface area contributed by atoms with Gasteiger partial charge in [0.15, 0.2) is 5.82 Å². The van der Waals surface area contributed by atoms with Crippen LogP contribution in [-0.4, -0.2) is 9.97 Å². The van der Waals surface area contributed by atoms with E-state index >= 15 is 0 Å². The summed E-state index contributed by atoms with van der Waals surface area (Å²) in [4.78, 5) is 10.4. The van der Waals surface area contributed by atoms with E-state index in [1.165, 1.54) is 70.7 Å². The molecule has 2 nitrogen and oxygen atoms in total. The monoisotopic (exact) mass is 718 g/mol. The summed E-state index contributed by atoms with van der Waals surface area (Å²) in [5.41, 5.74) is 16.3. The highest BCUT2D eigenvalue weighted by Crippen LogP contribution is 2.70. The summed E-state index contributed by atoms with van der Waals surface area (Å²) < 4.78 is 0. The van der Waals surface area contributed by atoms with Gasteiger partial charge in [-0.3, -0.25) is 0 Å². The van der Waals surface area contributed by atoms with E-state index < -0.39 is 0 Å². The Morgan fingerprint density at radius 2 is 0.929 bits per heavy atom. The third kappa shape index (κ3) is 4.81. The van der Waals surface area contributed by atoms with Gasteiger partial charge in [0.25, 0.3) is 0 Å². The lowest BCUT2D eigenvalue weighted by molar-refractivity contribution is -0.0398. The normalized spacial score (nSPS) is 22.7. The van der Waals surface area contributed by atoms with E-state index in [-0.39, 0.29) is 5.41 Å². The number of hydrogen-bond donors (Lipinski definition) is 0. The average Bonchev–Trinajstić information content (AvgIpc) is 3.54. The third-order valence-corrected chi connectivity index (χ3v) is 14.1. The van der Waals surface area contributed by atoms with Gasteiger partial charge >= 0.3 is 0 Å². The van der Waals surface area contributed by atoms with Crippen LogP contribution in [0.25, 0.3) is 78.1 Å². The number of hydrogen-bond acceptors (Lipinski definition) is 2. The molecule has 0 unspecified atom stereocenters. The van der Waals surface area contributed by atoms with Gasteiger partial charge in [0, 0.05) is 22.1 Å². The molecule has 0 N–H and O–H groups in total. The van der Waals surface area contributed by atoms with Crippen LogP contribution < -0.4 is 0 Å². The second-order valence-corrected chi connectivity index (χ2v) is 17.0. The van der Waals surface area contributed by atoms with Crippen molar-refractivity contribution in [2.45, 2.75) is 37.5 Å². The SMILES string of the molecule is c1ccc(-c2nc(-c3ccc(-c4cccc5c4-c4cc6ccccc6cc4C54C5CC6CC(C5)CC4C6)cc3)cc(-c3ccccc3-c3ccccc3)n2)cc1. The Morgan fingerprint density at radius 3 is 1.64 bits per heavy atom. The largest absolute Gasteiger partial charge is 0.228 e. The summed E-state index contributed by atoms with van der Waals surface area (Å²) in [7, 11) is 0. The Balaban J connectivity index is 1.00. The molecule has 1 spiro atoms. The van der Waals surface area contributed by atoms with Crippen LogP contribution in [0.4, 0.5) is 0 Å². The standard InChI is InChI=1S/C54H42N2/c1-3-12-36(13-4-1)44-18-9-10-19-46(44)51-33-50(55-53(56-51)39-14-5-2-6-15-39)38-24-22-37(23-25-38)45-20-11-21-48-52(45)47-31-40-16-7-8-17-41(40)32-49(47)54(48)42-27-34-26-35(29-42)30-43(54)28-34/h1-25,31-35,42-43H,26-30H2. The van der Waals surface area contributed by atoms with Gasteiger partial charge in [-0.15, -0.1) is 0 Å². The van der Waals surface area contributed by atoms with E-state index in [2.05, 4.69) is 164 Å². The molecule has 4 fully saturated rings. The lowest BCUT2D eigenvalue weighted by Crippen LogP contribution is -2.55. The van der Waals surface area contributed by atoms with Gasteiger partial charge in [-0.25, -0.2) is 9.97 Å². The van der Waals surface area contributed by atoms with E-state index in [1.807, 2.05) is 6.07 Å². The zero-order valence-electron chi connectivity index (χ0n) is 31.4. The molecule has 268 valence electrons. The molecular formula is C54H42N2. The number of benzene rings is 7. The summed E-state index contributed by atoms with van der Waals surface area (Å²) in [5, 5.41) is 2.72. The van der Waals surface area contributed by atoms with Gasteiger partial charge in [-0.2, -0.15) is 0 Å². The predicted molar refractivity (Wildman–Crippen MR) is 230 cm³/mol. The first-order chi connectivity index (χ1) is 27.7. The Kier molecular flexibility index (Phi) is 7.15. The second kappa shape index (κ2) is 12.4. The van der Waals surface area contributed by atoms with Crippen molar-refractivity contribution in [3.63, 3.8) is 0 Å². The minimum atomic E-state index is 0.124. The van der Waals surface area contributed by atoms with Gasteiger partial charge in [-0.05, 0) is 129 Å². The van der Waals surface area contributed by atoms with Gasteiger partial charge in [-0.1, -0.05) is 152 Å². The number of fused-ring (bicyclic) bond motifs is 4. The van der Waals surface area contributed by atoms with Crippen molar-refractivity contribution in [3.8, 4) is 67.3 Å². The maximum atomic E-state index is 5.21. The quantitative estimate of drug-likeness (QED) is 0.177. The number of aromatic nitrogens is 2. The molecule has 56 heavy (non-hydrogen) atoms. The van der Waals surface area contributed by atoms with Crippen LogP contribution in [0, 0.1) is 23.7 Å². The van der Waals surface area contributed by atoms with E-state index in [4.69, 9.17) is 9.97 Å². The second-order valence-electron chi connectivity index (χ2n) is 17.0. The van der Waals surface area contributed by atoms with E-state index in [0.29, 0.717) is 0 Å². The fourth-order valence-corrected chi connectivity index (χ4v) is 12.0.